The average molecular weight is 256 g/mol. The van der Waals surface area contributed by atoms with Gasteiger partial charge in [-0.1, -0.05) is 18.2 Å². The summed E-state index contributed by atoms with van der Waals surface area (Å²) >= 11 is 1.60. The minimum Gasteiger partial charge on any atom is -0.508 e. The minimum absolute atomic E-state index is 0. The van der Waals surface area contributed by atoms with Gasteiger partial charge in [-0.2, -0.15) is 0 Å². The van der Waals surface area contributed by atoms with Gasteiger partial charge in [-0.05, 0) is 30.0 Å². The van der Waals surface area contributed by atoms with E-state index >= 15 is 0 Å². The first-order valence-electron chi connectivity index (χ1n) is 4.77. The van der Waals surface area contributed by atoms with Crippen molar-refractivity contribution in [1.29, 1.82) is 0 Å². The Morgan fingerprint density at radius 1 is 1.31 bits per heavy atom. The molecule has 2 nitrogen and oxygen atoms in total. The molecule has 86 valence electrons. The molecule has 0 spiro atoms. The Hall–Kier alpha value is -1.03. The van der Waals surface area contributed by atoms with Crippen LogP contribution in [0.15, 0.2) is 35.7 Å². The number of hydrogen-bond donors (Lipinski definition) is 2. The summed E-state index contributed by atoms with van der Waals surface area (Å²) in [7, 11) is 0. The van der Waals surface area contributed by atoms with E-state index in [9.17, 15) is 5.11 Å². The van der Waals surface area contributed by atoms with Crippen molar-refractivity contribution in [2.45, 2.75) is 13.0 Å². The highest BCUT2D eigenvalue weighted by atomic mass is 35.5. The Bertz CT molecular complexity index is 456. The van der Waals surface area contributed by atoms with Gasteiger partial charge in [0.2, 0.25) is 0 Å². The monoisotopic (exact) mass is 255 g/mol. The van der Waals surface area contributed by atoms with Crippen LogP contribution in [-0.4, -0.2) is 5.11 Å². The molecule has 16 heavy (non-hydrogen) atoms. The number of halogens is 1. The largest absolute Gasteiger partial charge is 0.508 e. The van der Waals surface area contributed by atoms with Crippen LogP contribution in [0.4, 0.5) is 0 Å². The fourth-order valence-electron chi connectivity index (χ4n) is 1.54. The third-order valence-electron chi connectivity index (χ3n) is 2.37. The van der Waals surface area contributed by atoms with Crippen molar-refractivity contribution < 1.29 is 5.11 Å². The van der Waals surface area contributed by atoms with Crippen LogP contribution in [0.25, 0.3) is 0 Å². The van der Waals surface area contributed by atoms with Gasteiger partial charge < -0.3 is 10.8 Å². The molecule has 0 unspecified atom stereocenters. The third kappa shape index (κ3) is 2.55. The lowest BCUT2D eigenvalue weighted by Crippen LogP contribution is -2.10. The van der Waals surface area contributed by atoms with Crippen molar-refractivity contribution in [1.82, 2.24) is 0 Å². The van der Waals surface area contributed by atoms with Crippen LogP contribution in [0.5, 0.6) is 5.75 Å². The second-order valence-electron chi connectivity index (χ2n) is 3.56. The number of phenolic OH excluding ortho intramolecular Hbond substituents is 1. The number of aromatic hydroxyl groups is 1. The van der Waals surface area contributed by atoms with Gasteiger partial charge in [0.25, 0.3) is 0 Å². The fraction of sp³-hybridized carbons (Fsp3) is 0.167. The topological polar surface area (TPSA) is 46.2 Å². The SMILES string of the molecule is Cc1ccc([C@@H](N)c2cccs2)c(O)c1.Cl. The minimum atomic E-state index is -0.231. The molecule has 1 atom stereocenters. The van der Waals surface area contributed by atoms with Gasteiger partial charge in [-0.25, -0.2) is 0 Å². The second kappa shape index (κ2) is 5.34. The molecule has 0 fully saturated rings. The Morgan fingerprint density at radius 2 is 2.06 bits per heavy atom. The fourth-order valence-corrected chi connectivity index (χ4v) is 2.28. The first kappa shape index (κ1) is 13.0. The van der Waals surface area contributed by atoms with Crippen molar-refractivity contribution in [2.75, 3.05) is 0 Å². The molecule has 4 heteroatoms. The predicted molar refractivity (Wildman–Crippen MR) is 70.4 cm³/mol. The number of thiophene rings is 1. The Morgan fingerprint density at radius 3 is 2.62 bits per heavy atom. The highest BCUT2D eigenvalue weighted by molar-refractivity contribution is 7.10. The average Bonchev–Trinajstić information content (AvgIpc) is 2.69. The lowest BCUT2D eigenvalue weighted by atomic mass is 10.0. The smallest absolute Gasteiger partial charge is 0.120 e. The summed E-state index contributed by atoms with van der Waals surface area (Å²) in [5.41, 5.74) is 7.88. The first-order chi connectivity index (χ1) is 7.18. The molecule has 0 aliphatic rings. The summed E-state index contributed by atoms with van der Waals surface area (Å²) in [5.74, 6) is 0.274. The molecule has 1 aromatic heterocycles. The summed E-state index contributed by atoms with van der Waals surface area (Å²) in [6.07, 6.45) is 0. The summed E-state index contributed by atoms with van der Waals surface area (Å²) in [5, 5.41) is 11.8. The molecule has 1 heterocycles. The van der Waals surface area contributed by atoms with Gasteiger partial charge in [0.1, 0.15) is 5.75 Å². The first-order valence-corrected chi connectivity index (χ1v) is 5.65. The van der Waals surface area contributed by atoms with E-state index in [0.717, 1.165) is 16.0 Å². The van der Waals surface area contributed by atoms with Crippen molar-refractivity contribution in [3.63, 3.8) is 0 Å². The maximum Gasteiger partial charge on any atom is 0.120 e. The van der Waals surface area contributed by atoms with Crippen LogP contribution < -0.4 is 5.73 Å². The van der Waals surface area contributed by atoms with Crippen molar-refractivity contribution in [3.8, 4) is 5.75 Å². The van der Waals surface area contributed by atoms with E-state index < -0.39 is 0 Å². The lowest BCUT2D eigenvalue weighted by molar-refractivity contribution is 0.465. The molecule has 0 aliphatic heterocycles. The Labute approximate surface area is 105 Å². The van der Waals surface area contributed by atoms with Gasteiger partial charge in [-0.15, -0.1) is 23.7 Å². The number of phenols is 1. The molecule has 0 aliphatic carbocycles. The molecule has 2 rings (SSSR count). The summed E-state index contributed by atoms with van der Waals surface area (Å²) < 4.78 is 0. The zero-order valence-electron chi connectivity index (χ0n) is 8.88. The molecule has 2 aromatic rings. The number of rotatable bonds is 2. The number of nitrogens with two attached hydrogens (primary N) is 1. The van der Waals surface area contributed by atoms with Gasteiger partial charge in [0, 0.05) is 10.4 Å². The number of hydrogen-bond acceptors (Lipinski definition) is 3. The zero-order chi connectivity index (χ0) is 10.8. The van der Waals surface area contributed by atoms with Crippen LogP contribution in [0.3, 0.4) is 0 Å². The van der Waals surface area contributed by atoms with Gasteiger partial charge in [-0.3, -0.25) is 0 Å². The van der Waals surface area contributed by atoms with Crippen molar-refractivity contribution >= 4 is 23.7 Å². The van der Waals surface area contributed by atoms with Gasteiger partial charge in [0.15, 0.2) is 0 Å². The van der Waals surface area contributed by atoms with Crippen LogP contribution in [-0.2, 0) is 0 Å². The highest BCUT2D eigenvalue weighted by Gasteiger charge is 2.13. The number of aryl methyl sites for hydroxylation is 1. The van der Waals surface area contributed by atoms with Crippen molar-refractivity contribution in [3.05, 3.63) is 51.7 Å². The Balaban J connectivity index is 0.00000128. The molecular weight excluding hydrogens is 242 g/mol. The predicted octanol–water partition coefficient (Wildman–Crippen LogP) is 3.23. The zero-order valence-corrected chi connectivity index (χ0v) is 10.5. The normalized spacial score (nSPS) is 11.9. The van der Waals surface area contributed by atoms with E-state index in [2.05, 4.69) is 0 Å². The van der Waals surface area contributed by atoms with E-state index in [1.165, 1.54) is 0 Å². The molecule has 0 saturated heterocycles. The van der Waals surface area contributed by atoms with E-state index in [-0.39, 0.29) is 24.2 Å². The molecule has 0 saturated carbocycles. The summed E-state index contributed by atoms with van der Waals surface area (Å²) in [4.78, 5) is 1.06. The van der Waals surface area contributed by atoms with E-state index in [1.807, 2.05) is 36.6 Å². The number of benzene rings is 1. The van der Waals surface area contributed by atoms with E-state index in [0.29, 0.717) is 0 Å². The van der Waals surface area contributed by atoms with Crippen molar-refractivity contribution in [2.24, 2.45) is 5.73 Å². The van der Waals surface area contributed by atoms with Crippen LogP contribution >= 0.6 is 23.7 Å². The highest BCUT2D eigenvalue weighted by Crippen LogP contribution is 2.30. The molecule has 0 radical (unpaired) electrons. The molecule has 0 amide bonds. The van der Waals surface area contributed by atoms with E-state index in [4.69, 9.17) is 5.73 Å². The van der Waals surface area contributed by atoms with Gasteiger partial charge in [0.05, 0.1) is 6.04 Å². The summed E-state index contributed by atoms with van der Waals surface area (Å²) in [6, 6.07) is 9.30. The second-order valence-corrected chi connectivity index (χ2v) is 4.53. The third-order valence-corrected chi connectivity index (χ3v) is 3.33. The molecular formula is C12H14ClNOS. The van der Waals surface area contributed by atoms with E-state index in [1.54, 1.807) is 17.4 Å². The maximum atomic E-state index is 9.79. The maximum absolute atomic E-state index is 9.79. The standard InChI is InChI=1S/C12H13NOS.ClH/c1-8-4-5-9(10(14)7-8)12(13)11-3-2-6-15-11;/h2-7,12,14H,13H2,1H3;1H/t12-;/m1./s1. The lowest BCUT2D eigenvalue weighted by Gasteiger charge is -2.12. The van der Waals surface area contributed by atoms with Gasteiger partial charge >= 0.3 is 0 Å². The van der Waals surface area contributed by atoms with Crippen LogP contribution in [0.2, 0.25) is 0 Å². The Kier molecular flexibility index (Phi) is 4.35. The molecule has 0 bridgehead atoms. The van der Waals surface area contributed by atoms with Crippen LogP contribution in [0.1, 0.15) is 22.0 Å². The summed E-state index contributed by atoms with van der Waals surface area (Å²) in [6.45, 7) is 1.94. The molecule has 1 aromatic carbocycles. The van der Waals surface area contributed by atoms with Crippen LogP contribution in [0, 0.1) is 6.92 Å². The quantitative estimate of drug-likeness (QED) is 0.866. The molecule has 3 N–H and O–H groups in total.